The van der Waals surface area contributed by atoms with Gasteiger partial charge in [-0.1, -0.05) is 13.2 Å². The lowest BCUT2D eigenvalue weighted by atomic mass is 10.4. The first-order chi connectivity index (χ1) is 6.24. The Bertz CT molecular complexity index is 189. The summed E-state index contributed by atoms with van der Waals surface area (Å²) in [5, 5.41) is 0. The van der Waals surface area contributed by atoms with Crippen molar-refractivity contribution in [3.63, 3.8) is 0 Å². The van der Waals surface area contributed by atoms with Crippen LogP contribution in [0.15, 0.2) is 25.3 Å². The summed E-state index contributed by atoms with van der Waals surface area (Å²) in [6, 6.07) is 0. The first-order valence-corrected chi connectivity index (χ1v) is 4.24. The van der Waals surface area contributed by atoms with Gasteiger partial charge in [0.15, 0.2) is 11.7 Å². The maximum atomic E-state index is 8.51. The molecule has 8 heteroatoms. The Morgan fingerprint density at radius 1 is 1.14 bits per heavy atom. The van der Waals surface area contributed by atoms with Gasteiger partial charge in [0.1, 0.15) is 0 Å². The van der Waals surface area contributed by atoms with E-state index in [-0.39, 0.29) is 0 Å². The summed E-state index contributed by atoms with van der Waals surface area (Å²) in [5.41, 5.74) is 21.2. The van der Waals surface area contributed by atoms with Crippen LogP contribution in [0.3, 0.4) is 0 Å². The van der Waals surface area contributed by atoms with E-state index in [4.69, 9.17) is 37.1 Å². The molecule has 0 aliphatic carbocycles. The second kappa shape index (κ2) is 6.74. The van der Waals surface area contributed by atoms with Gasteiger partial charge in [-0.2, -0.15) is 4.89 Å². The molecule has 0 aromatic heterocycles. The van der Waals surface area contributed by atoms with Gasteiger partial charge in [0.05, 0.1) is 0 Å². The molecular weight excluding hydrogens is 207 g/mol. The molecule has 0 saturated heterocycles. The van der Waals surface area contributed by atoms with Crippen LogP contribution in [0.1, 0.15) is 0 Å². The fourth-order valence-corrected chi connectivity index (χ4v) is 0.390. The second-order valence-corrected chi connectivity index (χ2v) is 2.49. The quantitative estimate of drug-likeness (QED) is 0.219. The topological polar surface area (TPSA) is 151 Å². The molecule has 7 nitrogen and oxygen atoms in total. The molecule has 9 N–H and O–H groups in total. The van der Waals surface area contributed by atoms with Crippen molar-refractivity contribution in [1.82, 2.24) is 0 Å². The molecule has 0 aliphatic heterocycles. The number of hydrogen-bond acceptors (Lipinski definition) is 6. The molecule has 0 aromatic rings. The van der Waals surface area contributed by atoms with Gasteiger partial charge >= 0.3 is 8.69 Å². The van der Waals surface area contributed by atoms with Crippen molar-refractivity contribution in [2.24, 2.45) is 22.9 Å². The normalized spacial score (nSPS) is 11.5. The minimum Gasteiger partial charge on any atom is -0.306 e. The summed E-state index contributed by atoms with van der Waals surface area (Å²) < 4.78 is 13.3. The Kier molecular flexibility index (Phi) is 7.61. The fourth-order valence-electron chi connectivity index (χ4n) is 0.390. The van der Waals surface area contributed by atoms with Crippen LogP contribution in [0.4, 0.5) is 0 Å². The first-order valence-electron chi connectivity index (χ1n) is 3.38. The average molecular weight is 223 g/mol. The van der Waals surface area contributed by atoms with Crippen molar-refractivity contribution < 1.29 is 14.2 Å². The molecule has 0 rings (SSSR count). The molecule has 0 saturated carbocycles. The molecule has 0 amide bonds. The third-order valence-electron chi connectivity index (χ3n) is 0.992. The molecule has 82 valence electrons. The highest BCUT2D eigenvalue weighted by Crippen LogP contribution is 2.03. The van der Waals surface area contributed by atoms with Gasteiger partial charge in [0.2, 0.25) is 0 Å². The highest BCUT2D eigenvalue weighted by atomic mass is 31.1. The van der Waals surface area contributed by atoms with Crippen molar-refractivity contribution >= 4 is 8.69 Å². The Balaban J connectivity index is 0. The van der Waals surface area contributed by atoms with Crippen LogP contribution in [0.5, 0.6) is 0 Å². The maximum Gasteiger partial charge on any atom is 0.491 e. The number of nitrogens with two attached hydrogens (primary N) is 4. The zero-order valence-electron chi connectivity index (χ0n) is 7.64. The first kappa shape index (κ1) is 15.8. The smallest absolute Gasteiger partial charge is 0.306 e. The lowest BCUT2D eigenvalue weighted by Crippen LogP contribution is -2.62. The van der Waals surface area contributed by atoms with Crippen LogP contribution in [0, 0.1) is 0 Å². The van der Waals surface area contributed by atoms with E-state index in [0.29, 0.717) is 0 Å². The number of rotatable bonds is 4. The van der Waals surface area contributed by atoms with Crippen LogP contribution < -0.4 is 22.9 Å². The minimum atomic E-state index is -1.53. The summed E-state index contributed by atoms with van der Waals surface area (Å²) in [6.45, 7) is 6.66. The minimum absolute atomic E-state index is 1.17. The molecule has 14 heavy (non-hydrogen) atoms. The van der Waals surface area contributed by atoms with Crippen LogP contribution in [-0.4, -0.2) is 16.6 Å². The van der Waals surface area contributed by atoms with E-state index in [1.165, 1.54) is 12.2 Å². The summed E-state index contributed by atoms with van der Waals surface area (Å²) in [5.74, 6) is -3.06. The molecule has 0 aromatic carbocycles. The third-order valence-corrected chi connectivity index (χ3v) is 0.992. The Morgan fingerprint density at radius 3 is 1.50 bits per heavy atom. The molecule has 1 atom stereocenters. The summed E-state index contributed by atoms with van der Waals surface area (Å²) in [7, 11) is -1.17. The van der Waals surface area contributed by atoms with Gasteiger partial charge in [0, 0.05) is 0 Å². The van der Waals surface area contributed by atoms with Gasteiger partial charge in [0.25, 0.3) is 0 Å². The molecule has 1 unspecified atom stereocenters. The van der Waals surface area contributed by atoms with Gasteiger partial charge in [-0.25, -0.2) is 0 Å². The van der Waals surface area contributed by atoms with E-state index in [1.54, 1.807) is 0 Å². The van der Waals surface area contributed by atoms with E-state index >= 15 is 0 Å². The van der Waals surface area contributed by atoms with E-state index in [9.17, 15) is 0 Å². The zero-order valence-corrected chi connectivity index (χ0v) is 8.64. The van der Waals surface area contributed by atoms with E-state index in [1.807, 2.05) is 0 Å². The Hall–Kier alpha value is -0.660. The summed E-state index contributed by atoms with van der Waals surface area (Å²) >= 11 is 0. The predicted octanol–water partition coefficient (Wildman–Crippen LogP) is -1.56. The monoisotopic (exact) mass is 223 g/mol. The Morgan fingerprint density at radius 2 is 1.36 bits per heavy atom. The lowest BCUT2D eigenvalue weighted by Gasteiger charge is -2.30. The van der Waals surface area contributed by atoms with Crippen molar-refractivity contribution in [2.45, 2.75) is 11.7 Å². The van der Waals surface area contributed by atoms with Crippen LogP contribution >= 0.6 is 8.69 Å². The van der Waals surface area contributed by atoms with E-state index in [0.717, 1.165) is 0 Å². The molecular formula is C6H16N4O3P+. The van der Waals surface area contributed by atoms with E-state index < -0.39 is 20.4 Å². The molecule has 0 radical (unpaired) electrons. The highest BCUT2D eigenvalue weighted by Gasteiger charge is 2.25. The van der Waals surface area contributed by atoms with Crippen molar-refractivity contribution in [2.75, 3.05) is 0 Å². The van der Waals surface area contributed by atoms with Gasteiger partial charge in [-0.05, 0) is 16.7 Å². The van der Waals surface area contributed by atoms with Gasteiger partial charge < -0.3 is 4.74 Å². The van der Waals surface area contributed by atoms with Crippen LogP contribution in [0.2, 0.25) is 0 Å². The van der Waals surface area contributed by atoms with Crippen molar-refractivity contribution in [3.05, 3.63) is 25.3 Å². The van der Waals surface area contributed by atoms with Crippen LogP contribution in [-0.2, 0) is 9.30 Å². The molecule has 0 spiro atoms. The predicted molar refractivity (Wildman–Crippen MR) is 54.9 cm³/mol. The molecule has 0 bridgehead atoms. The SMILES string of the molecule is C=CC(N)(N)OC(N)(N)C=C.O=[PH+]O. The summed E-state index contributed by atoms with van der Waals surface area (Å²) in [4.78, 5) is 7.04. The van der Waals surface area contributed by atoms with Crippen LogP contribution in [0.25, 0.3) is 0 Å². The largest absolute Gasteiger partial charge is 0.491 e. The highest BCUT2D eigenvalue weighted by molar-refractivity contribution is 7.16. The summed E-state index contributed by atoms with van der Waals surface area (Å²) in [6.07, 6.45) is 2.37. The molecule has 0 fully saturated rings. The fraction of sp³-hybridized carbons (Fsp3) is 0.333. The third kappa shape index (κ3) is 9.43. The second-order valence-electron chi connectivity index (χ2n) is 2.31. The van der Waals surface area contributed by atoms with E-state index in [2.05, 4.69) is 13.2 Å². The molecule has 0 aliphatic rings. The Labute approximate surface area is 83.7 Å². The zero-order chi connectivity index (χ0) is 11.8. The standard InChI is InChI=1S/C6H14N4O.HO2P/c1-3-5(7,8)11-6(9,10)4-2;1-3-2/h3-4H,1-2,7-10H2;3H/p+1. The number of ether oxygens (including phenoxy) is 1. The van der Waals surface area contributed by atoms with Gasteiger partial charge in [-0.15, -0.1) is 0 Å². The number of hydrogen-bond donors (Lipinski definition) is 5. The average Bonchev–Trinajstić information content (AvgIpc) is 2.04. The lowest BCUT2D eigenvalue weighted by molar-refractivity contribution is -0.0954. The molecule has 0 heterocycles. The van der Waals surface area contributed by atoms with Gasteiger partial charge in [-0.3, -0.25) is 22.9 Å². The van der Waals surface area contributed by atoms with Crippen molar-refractivity contribution in [3.8, 4) is 0 Å². The maximum absolute atomic E-state index is 8.51. The van der Waals surface area contributed by atoms with Crippen molar-refractivity contribution in [1.29, 1.82) is 0 Å².